The third-order valence-corrected chi connectivity index (χ3v) is 9.06. The maximum Gasteiger partial charge on any atom is 0.205 e. The second kappa shape index (κ2) is 8.11. The fourth-order valence-corrected chi connectivity index (χ4v) is 7.24. The molecule has 0 saturated carbocycles. The molecule has 200 valence electrons. The van der Waals surface area contributed by atoms with Crippen molar-refractivity contribution in [3.63, 3.8) is 0 Å². The lowest BCUT2D eigenvalue weighted by Gasteiger charge is -2.09. The summed E-state index contributed by atoms with van der Waals surface area (Å²) in [5.74, 6) is 1.33. The third-order valence-electron chi connectivity index (χ3n) is 9.06. The van der Waals surface area contributed by atoms with Crippen molar-refractivity contribution in [2.75, 3.05) is 0 Å². The summed E-state index contributed by atoms with van der Waals surface area (Å²) in [6, 6.07) is 46.2. The van der Waals surface area contributed by atoms with Gasteiger partial charge in [0.15, 0.2) is 5.78 Å². The zero-order chi connectivity index (χ0) is 28.2. The highest BCUT2D eigenvalue weighted by molar-refractivity contribution is 6.25. The van der Waals surface area contributed by atoms with Gasteiger partial charge in [0.05, 0.1) is 27.6 Å². The van der Waals surface area contributed by atoms with E-state index in [-0.39, 0.29) is 5.78 Å². The van der Waals surface area contributed by atoms with Gasteiger partial charge < -0.3 is 8.98 Å². The highest BCUT2D eigenvalue weighted by Gasteiger charge is 2.36. The summed E-state index contributed by atoms with van der Waals surface area (Å²) in [5, 5.41) is 4.74. The molecule has 4 heteroatoms. The zero-order valence-corrected chi connectivity index (χ0v) is 22.9. The zero-order valence-electron chi connectivity index (χ0n) is 22.9. The van der Waals surface area contributed by atoms with Gasteiger partial charge in [0.25, 0.3) is 0 Å². The molecule has 0 N–H and O–H groups in total. The van der Waals surface area contributed by atoms with Crippen molar-refractivity contribution in [3.8, 4) is 34.0 Å². The second-order valence-corrected chi connectivity index (χ2v) is 11.3. The minimum atomic E-state index is 0.0237. The molecule has 0 radical (unpaired) electrons. The standard InChI is InChI=1S/C39H22N2O2/c42-38-31-22-36(43-39(31)30-20-23-10-2-1-3-11-25(23)37(30)38)41-34-17-9-6-14-28(34)29-21-24(18-19-35(29)41)40-32-15-7-4-12-26(32)27-13-5-8-16-33(27)40/h1-22H. The molecule has 0 aliphatic heterocycles. The summed E-state index contributed by atoms with van der Waals surface area (Å²) in [5.41, 5.74) is 9.79. The fourth-order valence-electron chi connectivity index (χ4n) is 7.24. The Kier molecular flexibility index (Phi) is 4.30. The summed E-state index contributed by atoms with van der Waals surface area (Å²) in [4.78, 5) is 13.7. The van der Waals surface area contributed by atoms with Crippen molar-refractivity contribution in [2.24, 2.45) is 0 Å². The van der Waals surface area contributed by atoms with Crippen molar-refractivity contribution in [2.45, 2.75) is 0 Å². The molecule has 0 bridgehead atoms. The van der Waals surface area contributed by atoms with E-state index in [1.54, 1.807) is 0 Å². The van der Waals surface area contributed by atoms with E-state index in [9.17, 15) is 4.79 Å². The van der Waals surface area contributed by atoms with Gasteiger partial charge in [-0.25, -0.2) is 0 Å². The van der Waals surface area contributed by atoms with Crippen molar-refractivity contribution < 1.29 is 9.21 Å². The lowest BCUT2D eigenvalue weighted by molar-refractivity contribution is 0.104. The fraction of sp³-hybridized carbons (Fsp3) is 0. The number of para-hydroxylation sites is 3. The minimum Gasteiger partial charge on any atom is -0.439 e. The monoisotopic (exact) mass is 550 g/mol. The number of benzene rings is 4. The number of furan rings is 1. The Morgan fingerprint density at radius 2 is 1.07 bits per heavy atom. The number of aromatic nitrogens is 2. The van der Waals surface area contributed by atoms with Crippen LogP contribution in [-0.2, 0) is 0 Å². The van der Waals surface area contributed by atoms with Crippen molar-refractivity contribution in [1.82, 2.24) is 9.13 Å². The van der Waals surface area contributed by atoms with Crippen LogP contribution in [0.2, 0.25) is 0 Å². The van der Waals surface area contributed by atoms with Crippen LogP contribution in [0.25, 0.3) is 77.6 Å². The molecule has 0 fully saturated rings. The van der Waals surface area contributed by atoms with Crippen LogP contribution in [0.4, 0.5) is 0 Å². The molecule has 0 amide bonds. The molecule has 3 aliphatic rings. The van der Waals surface area contributed by atoms with Gasteiger partial charge in [-0.15, -0.1) is 0 Å². The van der Waals surface area contributed by atoms with Gasteiger partial charge in [-0.2, -0.15) is 0 Å². The highest BCUT2D eigenvalue weighted by Crippen LogP contribution is 2.48. The average molecular weight is 551 g/mol. The number of carbonyl (C=O) groups excluding carboxylic acids is 1. The van der Waals surface area contributed by atoms with E-state index >= 15 is 0 Å². The van der Waals surface area contributed by atoms with E-state index in [1.165, 1.54) is 21.8 Å². The van der Waals surface area contributed by atoms with E-state index in [2.05, 4.69) is 106 Å². The molecule has 0 saturated heterocycles. The lowest BCUT2D eigenvalue weighted by atomic mass is 10.1. The largest absolute Gasteiger partial charge is 0.439 e. The number of carbonyl (C=O) groups is 1. The Morgan fingerprint density at radius 1 is 0.465 bits per heavy atom. The number of hydrogen-bond donors (Lipinski definition) is 0. The van der Waals surface area contributed by atoms with E-state index in [0.29, 0.717) is 17.2 Å². The van der Waals surface area contributed by atoms with Crippen LogP contribution in [0.5, 0.6) is 0 Å². The number of rotatable bonds is 2. The van der Waals surface area contributed by atoms with Gasteiger partial charge in [-0.3, -0.25) is 9.36 Å². The lowest BCUT2D eigenvalue weighted by Crippen LogP contribution is -1.97. The van der Waals surface area contributed by atoms with Crippen molar-refractivity contribution >= 4 is 49.4 Å². The number of hydrogen-bond acceptors (Lipinski definition) is 2. The molecule has 3 heterocycles. The molecular weight excluding hydrogens is 528 g/mol. The Morgan fingerprint density at radius 3 is 1.81 bits per heavy atom. The molecular formula is C39H22N2O2. The summed E-state index contributed by atoms with van der Waals surface area (Å²) in [6.45, 7) is 0. The third kappa shape index (κ3) is 2.92. The first-order chi connectivity index (χ1) is 21.3. The molecule has 10 rings (SSSR count). The molecule has 4 aromatic carbocycles. The molecule has 0 unspecified atom stereocenters. The highest BCUT2D eigenvalue weighted by atomic mass is 16.4. The van der Waals surface area contributed by atoms with E-state index in [1.807, 2.05) is 36.4 Å². The first-order valence-electron chi connectivity index (χ1n) is 14.5. The molecule has 3 aromatic heterocycles. The summed E-state index contributed by atoms with van der Waals surface area (Å²) in [6.07, 6.45) is 0. The van der Waals surface area contributed by atoms with Gasteiger partial charge in [0.2, 0.25) is 5.88 Å². The van der Waals surface area contributed by atoms with Crippen LogP contribution < -0.4 is 0 Å². The van der Waals surface area contributed by atoms with Crippen LogP contribution in [0.3, 0.4) is 0 Å². The second-order valence-electron chi connectivity index (χ2n) is 11.3. The van der Waals surface area contributed by atoms with Gasteiger partial charge in [0.1, 0.15) is 5.76 Å². The molecule has 43 heavy (non-hydrogen) atoms. The Bertz CT molecular complexity index is 2540. The topological polar surface area (TPSA) is 40.1 Å². The van der Waals surface area contributed by atoms with Crippen LogP contribution in [0.1, 0.15) is 15.9 Å². The average Bonchev–Trinajstić information content (AvgIpc) is 3.80. The Hall–Kier alpha value is -5.87. The summed E-state index contributed by atoms with van der Waals surface area (Å²) >= 11 is 0. The quantitative estimate of drug-likeness (QED) is 0.215. The first-order valence-corrected chi connectivity index (χ1v) is 14.5. The van der Waals surface area contributed by atoms with Gasteiger partial charge in [-0.05, 0) is 53.6 Å². The predicted molar refractivity (Wildman–Crippen MR) is 173 cm³/mol. The van der Waals surface area contributed by atoms with Crippen LogP contribution in [0, 0.1) is 0 Å². The van der Waals surface area contributed by atoms with E-state index in [0.717, 1.165) is 49.7 Å². The van der Waals surface area contributed by atoms with Crippen LogP contribution >= 0.6 is 0 Å². The number of ketones is 1. The van der Waals surface area contributed by atoms with E-state index in [4.69, 9.17) is 4.42 Å². The predicted octanol–water partition coefficient (Wildman–Crippen LogP) is 9.79. The van der Waals surface area contributed by atoms with Gasteiger partial charge >= 0.3 is 0 Å². The van der Waals surface area contributed by atoms with Crippen LogP contribution in [0.15, 0.2) is 138 Å². The van der Waals surface area contributed by atoms with Crippen molar-refractivity contribution in [1.29, 1.82) is 0 Å². The molecule has 0 atom stereocenters. The maximum absolute atomic E-state index is 13.7. The SMILES string of the molecule is O=C1c2cc(-n3c4ccccc4c4cc(-n5c6ccccc6c6ccccc65)ccc43)oc2-c2cc3cccccc-3c21. The maximum atomic E-state index is 13.7. The normalized spacial score (nSPS) is 12.7. The van der Waals surface area contributed by atoms with Crippen LogP contribution in [-0.4, -0.2) is 14.9 Å². The molecule has 4 nitrogen and oxygen atoms in total. The Labute approximate surface area is 246 Å². The number of fused-ring (bicyclic) bond motifs is 11. The smallest absolute Gasteiger partial charge is 0.205 e. The number of nitrogens with zero attached hydrogens (tertiary/aromatic N) is 2. The summed E-state index contributed by atoms with van der Waals surface area (Å²) < 4.78 is 11.1. The minimum absolute atomic E-state index is 0.0237. The van der Waals surface area contributed by atoms with Gasteiger partial charge in [-0.1, -0.05) is 84.9 Å². The van der Waals surface area contributed by atoms with Gasteiger partial charge in [0, 0.05) is 44.4 Å². The Balaban J connectivity index is 1.21. The molecule has 3 aliphatic carbocycles. The molecule has 0 spiro atoms. The molecule has 7 aromatic rings. The van der Waals surface area contributed by atoms with E-state index < -0.39 is 0 Å². The first kappa shape index (κ1) is 22.8. The summed E-state index contributed by atoms with van der Waals surface area (Å²) in [7, 11) is 0. The van der Waals surface area contributed by atoms with Crippen molar-refractivity contribution in [3.05, 3.63) is 145 Å².